The van der Waals surface area contributed by atoms with Gasteiger partial charge in [-0.3, -0.25) is 14.4 Å². The molecule has 0 bridgehead atoms. The number of anilines is 1. The third kappa shape index (κ3) is 8.57. The molecule has 1 aromatic rings. The highest BCUT2D eigenvalue weighted by Crippen LogP contribution is 2.11. The number of carbonyl (C=O) groups excluding carboxylic acids is 3. The normalized spacial score (nSPS) is 10.2. The van der Waals surface area contributed by atoms with Gasteiger partial charge in [-0.15, -0.1) is 0 Å². The molecule has 0 aromatic heterocycles. The van der Waals surface area contributed by atoms with Gasteiger partial charge in [-0.05, 0) is 50.7 Å². The van der Waals surface area contributed by atoms with Crippen molar-refractivity contribution in [2.24, 2.45) is 0 Å². The summed E-state index contributed by atoms with van der Waals surface area (Å²) in [6.45, 7) is 6.00. The second-order valence-electron chi connectivity index (χ2n) is 5.93. The fourth-order valence-corrected chi connectivity index (χ4v) is 2.17. The van der Waals surface area contributed by atoms with Crippen molar-refractivity contribution in [1.29, 1.82) is 0 Å². The summed E-state index contributed by atoms with van der Waals surface area (Å²) in [5.41, 5.74) is 1.06. The zero-order valence-electron chi connectivity index (χ0n) is 15.3. The molecule has 1 rings (SSSR count). The smallest absolute Gasteiger partial charge is 0.306 e. The zero-order chi connectivity index (χ0) is 19.5. The van der Waals surface area contributed by atoms with Crippen molar-refractivity contribution in [3.63, 3.8) is 0 Å². The molecule has 0 fully saturated rings. The minimum Gasteiger partial charge on any atom is -0.466 e. The molecule has 1 aromatic carbocycles. The molecule has 0 saturated carbocycles. The molecule has 3 N–H and O–H groups in total. The predicted molar refractivity (Wildman–Crippen MR) is 104 cm³/mol. The minimum absolute atomic E-state index is 0.000689. The van der Waals surface area contributed by atoms with Crippen molar-refractivity contribution >= 4 is 40.8 Å². The van der Waals surface area contributed by atoms with Gasteiger partial charge in [0.05, 0.1) is 13.0 Å². The van der Waals surface area contributed by atoms with Crippen LogP contribution in [0.4, 0.5) is 5.69 Å². The van der Waals surface area contributed by atoms with Crippen LogP contribution in [0.5, 0.6) is 0 Å². The molecule has 0 radical (unpaired) electrons. The lowest BCUT2D eigenvalue weighted by Gasteiger charge is -2.12. The highest BCUT2D eigenvalue weighted by molar-refractivity contribution is 7.80. The lowest BCUT2D eigenvalue weighted by atomic mass is 10.2. The van der Waals surface area contributed by atoms with Crippen LogP contribution in [0.25, 0.3) is 0 Å². The van der Waals surface area contributed by atoms with Crippen LogP contribution < -0.4 is 16.0 Å². The first-order chi connectivity index (χ1) is 12.3. The lowest BCUT2D eigenvalue weighted by Crippen LogP contribution is -2.34. The number of esters is 1. The van der Waals surface area contributed by atoms with Crippen molar-refractivity contribution in [2.45, 2.75) is 46.1 Å². The predicted octanol–water partition coefficient (Wildman–Crippen LogP) is 2.37. The summed E-state index contributed by atoms with van der Waals surface area (Å²) in [7, 11) is 0. The summed E-state index contributed by atoms with van der Waals surface area (Å²) < 4.78 is 4.90. The molecule has 142 valence electrons. The van der Waals surface area contributed by atoms with E-state index in [1.54, 1.807) is 24.3 Å². The Morgan fingerprint density at radius 2 is 1.92 bits per heavy atom. The van der Waals surface area contributed by atoms with E-state index in [2.05, 4.69) is 16.0 Å². The summed E-state index contributed by atoms with van der Waals surface area (Å²) in [6, 6.07) is 6.80. The molecular formula is C18H25N3O4S. The summed E-state index contributed by atoms with van der Waals surface area (Å²) >= 11 is 5.08. The van der Waals surface area contributed by atoms with Gasteiger partial charge in [0.2, 0.25) is 5.91 Å². The first kappa shape index (κ1) is 21.6. The summed E-state index contributed by atoms with van der Waals surface area (Å²) in [6.07, 6.45) is 0.723. The van der Waals surface area contributed by atoms with Gasteiger partial charge in [-0.25, -0.2) is 0 Å². The van der Waals surface area contributed by atoms with Gasteiger partial charge in [-0.1, -0.05) is 13.0 Å². The van der Waals surface area contributed by atoms with Gasteiger partial charge in [0, 0.05) is 23.7 Å². The van der Waals surface area contributed by atoms with Crippen molar-refractivity contribution in [3.8, 4) is 0 Å². The van der Waals surface area contributed by atoms with Crippen LogP contribution >= 0.6 is 12.2 Å². The second kappa shape index (κ2) is 11.2. The zero-order valence-corrected chi connectivity index (χ0v) is 16.1. The van der Waals surface area contributed by atoms with Gasteiger partial charge in [0.25, 0.3) is 5.91 Å². The molecule has 0 atom stereocenters. The molecule has 0 saturated heterocycles. The number of hydrogen-bond donors (Lipinski definition) is 3. The second-order valence-corrected chi connectivity index (χ2v) is 6.34. The number of hydrogen-bond acceptors (Lipinski definition) is 5. The topological polar surface area (TPSA) is 96.5 Å². The maximum atomic E-state index is 12.0. The number of nitrogens with one attached hydrogen (secondary N) is 3. The largest absolute Gasteiger partial charge is 0.466 e. The summed E-state index contributed by atoms with van der Waals surface area (Å²) in [5.74, 6) is -0.987. The third-order valence-corrected chi connectivity index (χ3v) is 3.28. The van der Waals surface area contributed by atoms with Gasteiger partial charge >= 0.3 is 5.97 Å². The van der Waals surface area contributed by atoms with E-state index in [0.29, 0.717) is 17.9 Å². The Balaban J connectivity index is 2.48. The first-order valence-electron chi connectivity index (χ1n) is 8.49. The average molecular weight is 379 g/mol. The molecule has 7 nitrogen and oxygen atoms in total. The molecule has 8 heteroatoms. The molecule has 0 heterocycles. The number of thiocarbonyl (C=S) groups is 1. The summed E-state index contributed by atoms with van der Waals surface area (Å²) in [4.78, 5) is 35.2. The van der Waals surface area contributed by atoms with E-state index in [-0.39, 0.29) is 35.8 Å². The van der Waals surface area contributed by atoms with Gasteiger partial charge in [0.15, 0.2) is 5.11 Å². The van der Waals surface area contributed by atoms with E-state index in [1.807, 2.05) is 20.8 Å². The van der Waals surface area contributed by atoms with Crippen LogP contribution in [0.3, 0.4) is 0 Å². The quantitative estimate of drug-likeness (QED) is 0.474. The Morgan fingerprint density at radius 3 is 2.58 bits per heavy atom. The fourth-order valence-electron chi connectivity index (χ4n) is 1.94. The van der Waals surface area contributed by atoms with E-state index in [4.69, 9.17) is 17.0 Å². The van der Waals surface area contributed by atoms with Crippen molar-refractivity contribution < 1.29 is 19.1 Å². The van der Waals surface area contributed by atoms with Crippen LogP contribution in [-0.4, -0.2) is 35.5 Å². The summed E-state index contributed by atoms with van der Waals surface area (Å²) in [5, 5.41) is 8.24. The van der Waals surface area contributed by atoms with Gasteiger partial charge in [0.1, 0.15) is 0 Å². The highest BCUT2D eigenvalue weighted by atomic mass is 32.1. The monoisotopic (exact) mass is 379 g/mol. The molecule has 26 heavy (non-hydrogen) atoms. The van der Waals surface area contributed by atoms with Crippen LogP contribution in [0.2, 0.25) is 0 Å². The van der Waals surface area contributed by atoms with E-state index >= 15 is 0 Å². The fraction of sp³-hybridized carbons (Fsp3) is 0.444. The highest BCUT2D eigenvalue weighted by Gasteiger charge is 2.11. The molecule has 0 aliphatic heterocycles. The van der Waals surface area contributed by atoms with Gasteiger partial charge < -0.3 is 20.7 Å². The maximum absolute atomic E-state index is 12.0. The van der Waals surface area contributed by atoms with Crippen molar-refractivity contribution in [3.05, 3.63) is 29.8 Å². The Labute approximate surface area is 158 Å². The number of ether oxygens (including phenoxy) is 1. The number of amides is 2. The van der Waals surface area contributed by atoms with Crippen molar-refractivity contribution in [1.82, 2.24) is 10.6 Å². The van der Waals surface area contributed by atoms with Gasteiger partial charge in [-0.2, -0.15) is 0 Å². The first-order valence-corrected chi connectivity index (χ1v) is 8.90. The minimum atomic E-state index is -0.412. The van der Waals surface area contributed by atoms with Crippen LogP contribution in [0.1, 0.15) is 50.4 Å². The molecule has 0 aliphatic carbocycles. The maximum Gasteiger partial charge on any atom is 0.306 e. The molecular weight excluding hydrogens is 354 g/mol. The van der Waals surface area contributed by atoms with Crippen LogP contribution in [0.15, 0.2) is 24.3 Å². The van der Waals surface area contributed by atoms with E-state index in [1.165, 1.54) is 0 Å². The number of benzene rings is 1. The molecule has 2 amide bonds. The Morgan fingerprint density at radius 1 is 1.19 bits per heavy atom. The van der Waals surface area contributed by atoms with Crippen LogP contribution in [0, 0.1) is 0 Å². The lowest BCUT2D eigenvalue weighted by molar-refractivity contribution is -0.144. The van der Waals surface area contributed by atoms with E-state index in [0.717, 1.165) is 6.42 Å². The SMILES string of the molecule is CCCOC(=O)CCC(=O)NC(=S)Nc1cccc(C(=O)NC(C)C)c1. The van der Waals surface area contributed by atoms with E-state index in [9.17, 15) is 14.4 Å². The van der Waals surface area contributed by atoms with Crippen LogP contribution in [-0.2, 0) is 14.3 Å². The Kier molecular flexibility index (Phi) is 9.29. The number of carbonyl (C=O) groups is 3. The Hall–Kier alpha value is -2.48. The average Bonchev–Trinajstić information content (AvgIpc) is 2.57. The van der Waals surface area contributed by atoms with Crippen molar-refractivity contribution in [2.75, 3.05) is 11.9 Å². The van der Waals surface area contributed by atoms with E-state index < -0.39 is 5.97 Å². The molecule has 0 unspecified atom stereocenters. The standard InChI is InChI=1S/C18H25N3O4S/c1-4-10-25-16(23)9-8-15(22)21-18(26)20-14-7-5-6-13(11-14)17(24)19-12(2)3/h5-7,11-12H,4,8-10H2,1-3H3,(H,19,24)(H2,20,21,22,26). The molecule has 0 spiro atoms. The molecule has 0 aliphatic rings. The number of rotatable bonds is 8. The Bertz CT molecular complexity index is 662. The third-order valence-electron chi connectivity index (χ3n) is 3.08.